The highest BCUT2D eigenvalue weighted by Gasteiger charge is 2.36. The number of quaternary nitrogens is 1. The Morgan fingerprint density at radius 3 is 2.14 bits per heavy atom. The van der Waals surface area contributed by atoms with Gasteiger partial charge in [0.1, 0.15) is 0 Å². The van der Waals surface area contributed by atoms with Gasteiger partial charge in [0.05, 0.1) is 0 Å². The van der Waals surface area contributed by atoms with Crippen molar-refractivity contribution in [2.24, 2.45) is 0 Å². The molecule has 0 aliphatic carbocycles. The first kappa shape index (κ1) is 13.9. The highest BCUT2D eigenvalue weighted by molar-refractivity contribution is 7.79. The van der Waals surface area contributed by atoms with Crippen LogP contribution in [0.4, 0.5) is 0 Å². The Kier molecular flexibility index (Phi) is 7.24. The van der Waals surface area contributed by atoms with Crippen LogP contribution in [0.1, 0.15) is 6.42 Å². The van der Waals surface area contributed by atoms with Crippen molar-refractivity contribution in [2.45, 2.75) is 12.5 Å². The summed E-state index contributed by atoms with van der Waals surface area (Å²) in [5.41, 5.74) is 3.57. The molecule has 0 saturated carbocycles. The molecule has 7 heteroatoms. The molecular formula is C7H19N2O3SSi+. The monoisotopic (exact) mass is 239 g/mol. The normalized spacial score (nSPS) is 11.4. The van der Waals surface area contributed by atoms with Crippen LogP contribution in [0, 0.1) is 0 Å². The van der Waals surface area contributed by atoms with Crippen LogP contribution in [0.25, 0.3) is 0 Å². The van der Waals surface area contributed by atoms with E-state index in [0.29, 0.717) is 5.11 Å². The fourth-order valence-corrected chi connectivity index (χ4v) is 2.91. The molecular weight excluding hydrogens is 220 g/mol. The first-order valence-corrected chi connectivity index (χ1v) is 6.69. The van der Waals surface area contributed by atoms with Gasteiger partial charge < -0.3 is 24.3 Å². The average Bonchev–Trinajstić information content (AvgIpc) is 2.19. The van der Waals surface area contributed by atoms with Gasteiger partial charge in [-0.15, -0.1) is 0 Å². The van der Waals surface area contributed by atoms with Gasteiger partial charge in [0.15, 0.2) is 0 Å². The van der Waals surface area contributed by atoms with E-state index in [1.165, 1.54) is 0 Å². The molecule has 0 unspecified atom stereocenters. The molecule has 0 rings (SSSR count). The quantitative estimate of drug-likeness (QED) is 0.352. The maximum absolute atomic E-state index is 5.26. The molecule has 0 amide bonds. The van der Waals surface area contributed by atoms with Crippen molar-refractivity contribution < 1.29 is 19.0 Å². The lowest BCUT2D eigenvalue weighted by Crippen LogP contribution is -2.62. The minimum absolute atomic E-state index is 0.560. The molecule has 14 heavy (non-hydrogen) atoms. The van der Waals surface area contributed by atoms with E-state index in [9.17, 15) is 0 Å². The Bertz CT molecular complexity index is 170. The van der Waals surface area contributed by atoms with Crippen molar-refractivity contribution in [2.75, 3.05) is 27.9 Å². The van der Waals surface area contributed by atoms with Crippen molar-refractivity contribution in [1.82, 2.24) is 5.32 Å². The molecule has 0 atom stereocenters. The third kappa shape index (κ3) is 4.98. The van der Waals surface area contributed by atoms with Gasteiger partial charge in [-0.05, 0) is 6.42 Å². The molecule has 5 nitrogen and oxygen atoms in total. The number of thiocarbonyl (C=S) groups is 1. The maximum atomic E-state index is 5.26. The predicted octanol–water partition coefficient (Wildman–Crippen LogP) is -0.629. The largest absolute Gasteiger partial charge is 0.500 e. The van der Waals surface area contributed by atoms with Gasteiger partial charge in [-0.2, -0.15) is 0 Å². The molecule has 0 spiro atoms. The van der Waals surface area contributed by atoms with Crippen molar-refractivity contribution >= 4 is 26.1 Å². The van der Waals surface area contributed by atoms with E-state index in [2.05, 4.69) is 11.1 Å². The molecule has 0 aliphatic heterocycles. The van der Waals surface area contributed by atoms with Gasteiger partial charge >= 0.3 is 8.80 Å². The molecule has 84 valence electrons. The van der Waals surface area contributed by atoms with E-state index in [4.69, 9.17) is 25.5 Å². The second-order valence-corrected chi connectivity index (χ2v) is 6.33. The van der Waals surface area contributed by atoms with Crippen LogP contribution in [0.3, 0.4) is 0 Å². The number of hydrogen-bond donors (Lipinski definition) is 2. The highest BCUT2D eigenvalue weighted by Crippen LogP contribution is 2.13. The zero-order valence-electron chi connectivity index (χ0n) is 8.96. The van der Waals surface area contributed by atoms with Gasteiger partial charge in [-0.25, -0.2) is 0 Å². The standard InChI is InChI=1S/C7H18N2O3SSi/c1-10-14(11-2,12-3)6-4-5-9-7(8)13/h4-6H2,1-3H3,(H3,8,9,13)/p+1. The van der Waals surface area contributed by atoms with Crippen LogP contribution < -0.4 is 11.1 Å². The zero-order chi connectivity index (χ0) is 11.0. The SMILES string of the molecule is CO[Si](CCCNC([NH3+])=S)(OC)OC. The summed E-state index contributed by atoms with van der Waals surface area (Å²) in [6, 6.07) is 0.770. The molecule has 0 radical (unpaired) electrons. The Labute approximate surface area is 91.3 Å². The Balaban J connectivity index is 3.77. The molecule has 0 aliphatic rings. The second-order valence-electron chi connectivity index (χ2n) is 2.75. The van der Waals surface area contributed by atoms with Crippen LogP contribution in [0.5, 0.6) is 0 Å². The summed E-state index contributed by atoms with van der Waals surface area (Å²) in [6.07, 6.45) is 0.886. The molecule has 0 aromatic heterocycles. The zero-order valence-corrected chi connectivity index (χ0v) is 10.8. The van der Waals surface area contributed by atoms with E-state index in [1.54, 1.807) is 21.3 Å². The fraction of sp³-hybridized carbons (Fsp3) is 0.857. The Morgan fingerprint density at radius 1 is 1.29 bits per heavy atom. The van der Waals surface area contributed by atoms with E-state index in [-0.39, 0.29) is 0 Å². The molecule has 0 bridgehead atoms. The summed E-state index contributed by atoms with van der Waals surface area (Å²) in [4.78, 5) is 0. The minimum atomic E-state index is -2.39. The van der Waals surface area contributed by atoms with Crippen molar-refractivity contribution in [3.63, 3.8) is 0 Å². The Morgan fingerprint density at radius 2 is 1.79 bits per heavy atom. The number of hydrogen-bond acceptors (Lipinski definition) is 4. The van der Waals surface area contributed by atoms with Crippen molar-refractivity contribution in [3.05, 3.63) is 0 Å². The molecule has 4 N–H and O–H groups in total. The van der Waals surface area contributed by atoms with E-state index in [1.807, 2.05) is 0 Å². The molecule has 0 fully saturated rings. The molecule has 0 aromatic carbocycles. The molecule has 0 saturated heterocycles. The molecule has 0 aromatic rings. The van der Waals surface area contributed by atoms with Crippen LogP contribution in [0.2, 0.25) is 6.04 Å². The van der Waals surface area contributed by atoms with Gasteiger partial charge in [0, 0.05) is 46.1 Å². The smallest absolute Gasteiger partial charge is 0.377 e. The number of rotatable bonds is 7. The summed E-state index contributed by atoms with van der Waals surface area (Å²) in [5, 5.41) is 3.53. The van der Waals surface area contributed by atoms with Crippen molar-refractivity contribution in [1.29, 1.82) is 0 Å². The lowest BCUT2D eigenvalue weighted by Gasteiger charge is -2.24. The Hall–Kier alpha value is -0.0531. The molecule has 0 heterocycles. The van der Waals surface area contributed by atoms with Gasteiger partial charge in [0.25, 0.3) is 5.11 Å². The van der Waals surface area contributed by atoms with Gasteiger partial charge in [0.2, 0.25) is 0 Å². The van der Waals surface area contributed by atoms with Gasteiger partial charge in [-0.3, -0.25) is 0 Å². The predicted molar refractivity (Wildman–Crippen MR) is 59.7 cm³/mol. The topological polar surface area (TPSA) is 67.4 Å². The maximum Gasteiger partial charge on any atom is 0.500 e. The van der Waals surface area contributed by atoms with E-state index in [0.717, 1.165) is 19.0 Å². The first-order valence-electron chi connectivity index (χ1n) is 4.35. The van der Waals surface area contributed by atoms with Crippen LogP contribution >= 0.6 is 12.2 Å². The summed E-state index contributed by atoms with van der Waals surface area (Å²) < 4.78 is 15.8. The lowest BCUT2D eigenvalue weighted by atomic mass is 10.5. The average molecular weight is 239 g/mol. The third-order valence-corrected chi connectivity index (χ3v) is 4.89. The first-order chi connectivity index (χ1) is 6.60. The van der Waals surface area contributed by atoms with Crippen LogP contribution in [-0.4, -0.2) is 41.8 Å². The van der Waals surface area contributed by atoms with E-state index >= 15 is 0 Å². The fourth-order valence-electron chi connectivity index (χ4n) is 1.09. The number of nitrogens with one attached hydrogen (secondary N) is 1. The van der Waals surface area contributed by atoms with Crippen LogP contribution in [0.15, 0.2) is 0 Å². The van der Waals surface area contributed by atoms with Gasteiger partial charge in [-0.1, -0.05) is 0 Å². The summed E-state index contributed by atoms with van der Waals surface area (Å²) in [5.74, 6) is 0. The highest BCUT2D eigenvalue weighted by atomic mass is 32.1. The summed E-state index contributed by atoms with van der Waals surface area (Å²) in [7, 11) is 2.44. The lowest BCUT2D eigenvalue weighted by molar-refractivity contribution is -0.215. The third-order valence-electron chi connectivity index (χ3n) is 1.91. The van der Waals surface area contributed by atoms with E-state index < -0.39 is 8.80 Å². The van der Waals surface area contributed by atoms with Crippen LogP contribution in [-0.2, 0) is 13.3 Å². The minimum Gasteiger partial charge on any atom is -0.377 e. The summed E-state index contributed by atoms with van der Waals surface area (Å²) >= 11 is 4.78. The second kappa shape index (κ2) is 7.27. The van der Waals surface area contributed by atoms with Crippen molar-refractivity contribution in [3.8, 4) is 0 Å². The summed E-state index contributed by atoms with van der Waals surface area (Å²) in [6.45, 7) is 0.771.